The summed E-state index contributed by atoms with van der Waals surface area (Å²) in [4.78, 5) is 97.0. The van der Waals surface area contributed by atoms with E-state index in [2.05, 4.69) is 19.4 Å². The second-order valence-electron chi connectivity index (χ2n) is 5.41. The fourth-order valence-corrected chi connectivity index (χ4v) is 0.957. The van der Waals surface area contributed by atoms with Crippen molar-refractivity contribution in [1.82, 2.24) is 10.5 Å². The number of carboxylic acid groups (broad SMARTS) is 4. The van der Waals surface area contributed by atoms with Crippen molar-refractivity contribution in [1.29, 1.82) is 0 Å². The third-order valence-corrected chi connectivity index (χ3v) is 1.39. The molecule has 0 spiro atoms. The summed E-state index contributed by atoms with van der Waals surface area (Å²) in [5, 5.41) is 36.7. The summed E-state index contributed by atoms with van der Waals surface area (Å²) in [6, 6.07) is 0. The first-order valence-corrected chi connectivity index (χ1v) is 9.13. The van der Waals surface area contributed by atoms with Gasteiger partial charge in [0.15, 0.2) is 0 Å². The molecule has 0 saturated heterocycles. The molecule has 18 nitrogen and oxygen atoms in total. The molecule has 0 unspecified atom stereocenters. The van der Waals surface area contributed by atoms with Gasteiger partial charge in [0, 0.05) is 62.0 Å². The van der Waals surface area contributed by atoms with Crippen LogP contribution >= 0.6 is 0 Å². The van der Waals surface area contributed by atoms with E-state index in [-0.39, 0.29) is 110 Å². The van der Waals surface area contributed by atoms with Gasteiger partial charge < -0.3 is 59.0 Å². The van der Waals surface area contributed by atoms with Crippen LogP contribution in [-0.2, 0) is 57.7 Å². The number of hydrogen-bond acceptors (Lipinski definition) is 18. The smallest absolute Gasteiger partial charge is 0.550 e. The quantitative estimate of drug-likeness (QED) is 0.190. The Balaban J connectivity index is -0.0000000694. The zero-order valence-corrected chi connectivity index (χ0v) is 29.8. The van der Waals surface area contributed by atoms with Gasteiger partial charge in [-0.25, -0.2) is 0 Å². The molecule has 21 heteroatoms. The van der Waals surface area contributed by atoms with Crippen LogP contribution in [0.15, 0.2) is 0 Å². The first kappa shape index (κ1) is 57.8. The Morgan fingerprint density at radius 1 is 0.436 bits per heavy atom. The van der Waals surface area contributed by atoms with E-state index in [4.69, 9.17) is 39.6 Å². The van der Waals surface area contributed by atoms with Crippen molar-refractivity contribution in [3.63, 3.8) is 0 Å². The van der Waals surface area contributed by atoms with Gasteiger partial charge in [-0.2, -0.15) is 0 Å². The molecule has 0 aliphatic carbocycles. The number of carbonyl (C=O) groups excluding carboxylic acids is 8. The minimum absolute atomic E-state index is 0. The van der Waals surface area contributed by atoms with Gasteiger partial charge in [-0.3, -0.25) is 19.2 Å². The zero-order chi connectivity index (χ0) is 30.0. The Labute approximate surface area is 298 Å². The SMILES string of the molecule is CC(=O)ON(CCN(OC(C)=O)OC(C)=O)OC(C)=O.CC(=O)[O-].CC(=O)[O-].CC(=O)[O-].CC(=O)[O-].[Ca+2].[Na+].[Na+]. The molecule has 0 aromatic rings. The minimum atomic E-state index is -1.08. The summed E-state index contributed by atoms with van der Waals surface area (Å²) in [5.41, 5.74) is 0. The van der Waals surface area contributed by atoms with Crippen LogP contribution in [0.5, 0.6) is 0 Å². The molecular weight excluding hydrogens is 586 g/mol. The van der Waals surface area contributed by atoms with Crippen LogP contribution in [0.1, 0.15) is 55.4 Å². The molecule has 0 atom stereocenters. The van der Waals surface area contributed by atoms with Crippen molar-refractivity contribution < 1.29 is 137 Å². The maximum atomic E-state index is 10.8. The number of aliphatic carboxylic acids is 4. The standard InChI is InChI=1S/C10H16N2O8.4C2H4O2.Ca.2Na/c1-7(13)17-11(18-8(2)14)5-6-12(19-9(3)15)20-10(4)16;4*1-2(3)4;;;/h5-6H2,1-4H3;4*1H3,(H,3,4);;;/q;;;;;+2;2*+1/p-4. The van der Waals surface area contributed by atoms with E-state index in [0.717, 1.165) is 55.4 Å². The molecule has 0 aromatic heterocycles. The number of carboxylic acids is 4. The first-order chi connectivity index (χ1) is 16.1. The van der Waals surface area contributed by atoms with Crippen LogP contribution in [0.2, 0.25) is 0 Å². The molecule has 0 heterocycles. The Morgan fingerprint density at radius 3 is 0.615 bits per heavy atom. The van der Waals surface area contributed by atoms with E-state index >= 15 is 0 Å². The predicted octanol–water partition coefficient (Wildman–Crippen LogP) is -11.8. The Kier molecular flexibility index (Phi) is 57.9. The average Bonchev–Trinajstić information content (AvgIpc) is 2.55. The summed E-state index contributed by atoms with van der Waals surface area (Å²) >= 11 is 0. The van der Waals surface area contributed by atoms with Crippen molar-refractivity contribution in [3.05, 3.63) is 0 Å². The fourth-order valence-electron chi connectivity index (χ4n) is 0.957. The largest absolute Gasteiger partial charge is 2.00 e. The van der Waals surface area contributed by atoms with Gasteiger partial charge in [0.1, 0.15) is 0 Å². The molecular formula is C18H28CaN2Na2O16. The van der Waals surface area contributed by atoms with Crippen molar-refractivity contribution >= 4 is 85.5 Å². The van der Waals surface area contributed by atoms with E-state index in [0.29, 0.717) is 10.5 Å². The third-order valence-electron chi connectivity index (χ3n) is 1.39. The van der Waals surface area contributed by atoms with Crippen molar-refractivity contribution in [3.8, 4) is 0 Å². The van der Waals surface area contributed by atoms with E-state index < -0.39 is 47.8 Å². The van der Waals surface area contributed by atoms with Crippen LogP contribution in [0, 0.1) is 0 Å². The van der Waals surface area contributed by atoms with Gasteiger partial charge in [-0.15, -0.1) is 0 Å². The summed E-state index contributed by atoms with van der Waals surface area (Å²) in [6.07, 6.45) is 0. The molecule has 0 N–H and O–H groups in total. The normalized spacial score (nSPS) is 7.74. The van der Waals surface area contributed by atoms with E-state index in [9.17, 15) is 19.2 Å². The maximum Gasteiger partial charge on any atom is 2.00 e. The average molecular weight is 614 g/mol. The molecule has 0 radical (unpaired) electrons. The van der Waals surface area contributed by atoms with Crippen LogP contribution in [0.4, 0.5) is 0 Å². The molecule has 0 rings (SSSR count). The van der Waals surface area contributed by atoms with Crippen LogP contribution in [0.25, 0.3) is 0 Å². The molecule has 0 saturated carbocycles. The molecule has 0 fully saturated rings. The van der Waals surface area contributed by atoms with E-state index in [1.807, 2.05) is 0 Å². The molecule has 0 aliphatic heterocycles. The second kappa shape index (κ2) is 39.1. The Hall–Kier alpha value is -1.06. The molecule has 0 aliphatic rings. The van der Waals surface area contributed by atoms with Gasteiger partial charge in [0.25, 0.3) is 0 Å². The van der Waals surface area contributed by atoms with Gasteiger partial charge in [0.05, 0.1) is 13.1 Å². The van der Waals surface area contributed by atoms with Gasteiger partial charge in [0.2, 0.25) is 0 Å². The van der Waals surface area contributed by atoms with Crippen molar-refractivity contribution in [2.75, 3.05) is 13.1 Å². The van der Waals surface area contributed by atoms with E-state index in [1.54, 1.807) is 0 Å². The first-order valence-electron chi connectivity index (χ1n) is 9.13. The number of rotatable bonds is 7. The number of nitrogens with zero attached hydrogens (tertiary/aromatic N) is 2. The minimum Gasteiger partial charge on any atom is -0.550 e. The predicted molar refractivity (Wildman–Crippen MR) is 109 cm³/mol. The maximum absolute atomic E-state index is 10.8. The van der Waals surface area contributed by atoms with Crippen molar-refractivity contribution in [2.45, 2.75) is 55.4 Å². The molecule has 0 aromatic carbocycles. The van der Waals surface area contributed by atoms with Gasteiger partial charge >= 0.3 is 121 Å². The number of hydrogen-bond donors (Lipinski definition) is 0. The molecule has 0 amide bonds. The van der Waals surface area contributed by atoms with Crippen LogP contribution < -0.4 is 79.5 Å². The van der Waals surface area contributed by atoms with Gasteiger partial charge in [-0.05, 0) is 27.7 Å². The molecule has 39 heavy (non-hydrogen) atoms. The number of hydroxylamine groups is 4. The van der Waals surface area contributed by atoms with Crippen LogP contribution in [-0.4, -0.2) is 109 Å². The van der Waals surface area contributed by atoms with E-state index in [1.165, 1.54) is 0 Å². The Bertz CT molecular complexity index is 608. The van der Waals surface area contributed by atoms with Crippen molar-refractivity contribution in [2.24, 2.45) is 0 Å². The Morgan fingerprint density at radius 2 is 0.538 bits per heavy atom. The summed E-state index contributed by atoms with van der Waals surface area (Å²) in [7, 11) is 0. The van der Waals surface area contributed by atoms with Gasteiger partial charge in [-0.1, -0.05) is 0 Å². The fraction of sp³-hybridized carbons (Fsp3) is 0.556. The summed E-state index contributed by atoms with van der Waals surface area (Å²) < 4.78 is 0. The summed E-state index contributed by atoms with van der Waals surface area (Å²) in [6.45, 7) is 7.86. The monoisotopic (exact) mass is 614 g/mol. The zero-order valence-electron chi connectivity index (χ0n) is 23.5. The molecule has 0 bridgehead atoms. The molecule has 210 valence electrons. The third kappa shape index (κ3) is 113. The number of carbonyl (C=O) groups is 8. The second-order valence-corrected chi connectivity index (χ2v) is 5.41. The van der Waals surface area contributed by atoms with Crippen LogP contribution in [0.3, 0.4) is 0 Å². The summed E-state index contributed by atoms with van der Waals surface area (Å²) in [5.74, 6) is -7.23. The topological polar surface area (TPSA) is 272 Å².